The predicted octanol–water partition coefficient (Wildman–Crippen LogP) is 1.85. The van der Waals surface area contributed by atoms with Gasteiger partial charge in [-0.05, 0) is 38.1 Å². The molecule has 1 heterocycles. The lowest BCUT2D eigenvalue weighted by Crippen LogP contribution is -2.14. The molecule has 5 heteroatoms. The molecule has 2 rings (SSSR count). The van der Waals surface area contributed by atoms with Crippen LogP contribution in [0.1, 0.15) is 29.9 Å². The van der Waals surface area contributed by atoms with Crippen LogP contribution in [-0.4, -0.2) is 26.6 Å². The van der Waals surface area contributed by atoms with Crippen LogP contribution in [0.15, 0.2) is 42.9 Å². The molecule has 0 aliphatic rings. The maximum Gasteiger partial charge on any atom is 0.274 e. The first-order chi connectivity index (χ1) is 9.94. The maximum atomic E-state index is 12.0. The third kappa shape index (κ3) is 4.71. The summed E-state index contributed by atoms with van der Waals surface area (Å²) in [4.78, 5) is 19.6. The van der Waals surface area contributed by atoms with Crippen LogP contribution in [0.4, 0.5) is 5.69 Å². The van der Waals surface area contributed by atoms with Crippen LogP contribution in [0.25, 0.3) is 0 Å². The van der Waals surface area contributed by atoms with Gasteiger partial charge in [0.15, 0.2) is 0 Å². The van der Waals surface area contributed by atoms with Gasteiger partial charge in [-0.2, -0.15) is 0 Å². The Labute approximate surface area is 123 Å². The van der Waals surface area contributed by atoms with Crippen LogP contribution in [0.3, 0.4) is 0 Å². The molecule has 106 valence electrons. The lowest BCUT2D eigenvalue weighted by atomic mass is 10.1. The first-order valence-electron chi connectivity index (χ1n) is 6.37. The second kappa shape index (κ2) is 6.16. The molecule has 1 amide bonds. The van der Waals surface area contributed by atoms with Crippen molar-refractivity contribution in [1.82, 2.24) is 9.97 Å². The Morgan fingerprint density at radius 1 is 1.33 bits per heavy atom. The number of rotatable bonds is 2. The monoisotopic (exact) mass is 281 g/mol. The topological polar surface area (TPSA) is 75.1 Å². The second-order valence-corrected chi connectivity index (χ2v) is 4.94. The van der Waals surface area contributed by atoms with Crippen molar-refractivity contribution in [3.05, 3.63) is 54.1 Å². The molecule has 0 bridgehead atoms. The van der Waals surface area contributed by atoms with E-state index in [2.05, 4.69) is 27.1 Å². The van der Waals surface area contributed by atoms with Gasteiger partial charge in [-0.15, -0.1) is 0 Å². The summed E-state index contributed by atoms with van der Waals surface area (Å²) in [5, 5.41) is 12.3. The second-order valence-electron chi connectivity index (χ2n) is 4.94. The number of nitrogens with zero attached hydrogens (tertiary/aromatic N) is 2. The van der Waals surface area contributed by atoms with E-state index in [1.807, 2.05) is 0 Å². The molecule has 0 fully saturated rings. The van der Waals surface area contributed by atoms with E-state index < -0.39 is 5.60 Å². The Bertz CT molecular complexity index is 695. The average Bonchev–Trinajstić information content (AvgIpc) is 2.46. The minimum atomic E-state index is -1.06. The number of hydrogen-bond donors (Lipinski definition) is 2. The van der Waals surface area contributed by atoms with Crippen LogP contribution in [0.2, 0.25) is 0 Å². The fourth-order valence-corrected chi connectivity index (χ4v) is 1.52. The fraction of sp³-hybridized carbons (Fsp3) is 0.188. The van der Waals surface area contributed by atoms with Crippen LogP contribution in [0, 0.1) is 11.8 Å². The van der Waals surface area contributed by atoms with Crippen molar-refractivity contribution in [2.45, 2.75) is 19.4 Å². The molecule has 21 heavy (non-hydrogen) atoms. The third-order valence-corrected chi connectivity index (χ3v) is 2.45. The summed E-state index contributed by atoms with van der Waals surface area (Å²) in [6.07, 6.45) is 2.83. The highest BCUT2D eigenvalue weighted by atomic mass is 16.3. The van der Waals surface area contributed by atoms with E-state index in [-0.39, 0.29) is 11.6 Å². The molecule has 0 spiro atoms. The number of anilines is 1. The normalized spacial score (nSPS) is 10.4. The summed E-state index contributed by atoms with van der Waals surface area (Å²) in [6.45, 7) is 3.22. The van der Waals surface area contributed by atoms with Crippen molar-refractivity contribution in [1.29, 1.82) is 0 Å². The first kappa shape index (κ1) is 14.7. The molecule has 5 nitrogen and oxygen atoms in total. The van der Waals surface area contributed by atoms with Crippen LogP contribution in [-0.2, 0) is 0 Å². The number of benzene rings is 1. The molecule has 0 aliphatic carbocycles. The van der Waals surface area contributed by atoms with Crippen molar-refractivity contribution in [3.63, 3.8) is 0 Å². The van der Waals surface area contributed by atoms with Gasteiger partial charge in [-0.3, -0.25) is 4.79 Å². The number of amides is 1. The number of carbonyl (C=O) groups excluding carboxylic acids is 1. The van der Waals surface area contributed by atoms with E-state index in [4.69, 9.17) is 0 Å². The maximum absolute atomic E-state index is 12.0. The van der Waals surface area contributed by atoms with Gasteiger partial charge in [0.1, 0.15) is 17.6 Å². The number of carbonyl (C=O) groups is 1. The standard InChI is InChI=1S/C16H15N3O2/c1-16(2,21)8-6-12-4-3-5-13(10-12)19-15(20)14-7-9-17-11-18-14/h3-5,7,9-11,21H,1-2H3,(H,19,20). The molecule has 0 saturated heterocycles. The molecule has 0 radical (unpaired) electrons. The van der Waals surface area contributed by atoms with Gasteiger partial charge in [0, 0.05) is 17.4 Å². The lowest BCUT2D eigenvalue weighted by molar-refractivity contribution is 0.102. The summed E-state index contributed by atoms with van der Waals surface area (Å²) in [5.74, 6) is 5.27. The summed E-state index contributed by atoms with van der Waals surface area (Å²) in [7, 11) is 0. The van der Waals surface area contributed by atoms with Crippen molar-refractivity contribution >= 4 is 11.6 Å². The van der Waals surface area contributed by atoms with Crippen LogP contribution >= 0.6 is 0 Å². The highest BCUT2D eigenvalue weighted by molar-refractivity contribution is 6.02. The van der Waals surface area contributed by atoms with Crippen molar-refractivity contribution in [2.75, 3.05) is 5.32 Å². The number of aliphatic hydroxyl groups is 1. The summed E-state index contributed by atoms with van der Waals surface area (Å²) < 4.78 is 0. The Kier molecular flexibility index (Phi) is 4.31. The van der Waals surface area contributed by atoms with Gasteiger partial charge in [0.05, 0.1) is 0 Å². The van der Waals surface area contributed by atoms with Gasteiger partial charge in [0.25, 0.3) is 5.91 Å². The molecular formula is C16H15N3O2. The third-order valence-electron chi connectivity index (χ3n) is 2.45. The smallest absolute Gasteiger partial charge is 0.274 e. The molecular weight excluding hydrogens is 266 g/mol. The van der Waals surface area contributed by atoms with Crippen molar-refractivity contribution in [3.8, 4) is 11.8 Å². The van der Waals surface area contributed by atoms with E-state index in [0.29, 0.717) is 11.3 Å². The SMILES string of the molecule is CC(C)(O)C#Cc1cccc(NC(=O)c2ccncn2)c1. The summed E-state index contributed by atoms with van der Waals surface area (Å²) in [6, 6.07) is 8.61. The van der Waals surface area contributed by atoms with Gasteiger partial charge >= 0.3 is 0 Å². The van der Waals surface area contributed by atoms with Crippen LogP contribution in [0.5, 0.6) is 0 Å². The quantitative estimate of drug-likeness (QED) is 0.824. The van der Waals surface area contributed by atoms with Gasteiger partial charge < -0.3 is 10.4 Å². The first-order valence-corrected chi connectivity index (χ1v) is 6.37. The highest BCUT2D eigenvalue weighted by Gasteiger charge is 2.08. The molecule has 0 atom stereocenters. The summed E-state index contributed by atoms with van der Waals surface area (Å²) in [5.41, 5.74) is 0.553. The van der Waals surface area contributed by atoms with Gasteiger partial charge in [-0.1, -0.05) is 17.9 Å². The van der Waals surface area contributed by atoms with E-state index in [9.17, 15) is 9.90 Å². The molecule has 2 aromatic rings. The Hall–Kier alpha value is -2.71. The highest BCUT2D eigenvalue weighted by Crippen LogP contribution is 2.11. The zero-order chi connectivity index (χ0) is 15.3. The molecule has 0 aliphatic heterocycles. The Balaban J connectivity index is 2.15. The molecule has 0 saturated carbocycles. The van der Waals surface area contributed by atoms with E-state index >= 15 is 0 Å². The number of aromatic nitrogens is 2. The van der Waals surface area contributed by atoms with Crippen LogP contribution < -0.4 is 5.32 Å². The fourth-order valence-electron chi connectivity index (χ4n) is 1.52. The minimum Gasteiger partial charge on any atom is -0.378 e. The van der Waals surface area contributed by atoms with E-state index in [1.54, 1.807) is 38.1 Å². The molecule has 0 unspecified atom stereocenters. The largest absolute Gasteiger partial charge is 0.378 e. The summed E-state index contributed by atoms with van der Waals surface area (Å²) >= 11 is 0. The minimum absolute atomic E-state index is 0.290. The number of hydrogen-bond acceptors (Lipinski definition) is 4. The Morgan fingerprint density at radius 3 is 2.81 bits per heavy atom. The van der Waals surface area contributed by atoms with Crippen molar-refractivity contribution in [2.24, 2.45) is 0 Å². The lowest BCUT2D eigenvalue weighted by Gasteiger charge is -2.07. The Morgan fingerprint density at radius 2 is 2.14 bits per heavy atom. The molecule has 1 aromatic carbocycles. The molecule has 2 N–H and O–H groups in total. The van der Waals surface area contributed by atoms with E-state index in [0.717, 1.165) is 0 Å². The number of nitrogens with one attached hydrogen (secondary N) is 1. The zero-order valence-corrected chi connectivity index (χ0v) is 11.8. The predicted molar refractivity (Wildman–Crippen MR) is 79.6 cm³/mol. The van der Waals surface area contributed by atoms with Gasteiger partial charge in [-0.25, -0.2) is 9.97 Å². The van der Waals surface area contributed by atoms with Gasteiger partial charge in [0.2, 0.25) is 0 Å². The van der Waals surface area contributed by atoms with E-state index in [1.165, 1.54) is 18.6 Å². The van der Waals surface area contributed by atoms with Crippen molar-refractivity contribution < 1.29 is 9.90 Å². The molecule has 1 aromatic heterocycles. The average molecular weight is 281 g/mol. The zero-order valence-electron chi connectivity index (χ0n) is 11.8.